The van der Waals surface area contributed by atoms with Gasteiger partial charge in [0.2, 0.25) is 0 Å². The maximum atomic E-state index is 10.3. The second-order valence-electron chi connectivity index (χ2n) is 5.90. The van der Waals surface area contributed by atoms with Crippen LogP contribution in [0.3, 0.4) is 0 Å². The van der Waals surface area contributed by atoms with Crippen LogP contribution in [-0.4, -0.2) is 35.2 Å². The van der Waals surface area contributed by atoms with Gasteiger partial charge in [-0.1, -0.05) is 11.6 Å². The maximum absolute atomic E-state index is 10.3. The topological polar surface area (TPSA) is 58.7 Å². The zero-order chi connectivity index (χ0) is 14.3. The number of nitrogens with two attached hydrogens (primary N) is 1. The van der Waals surface area contributed by atoms with Crippen molar-refractivity contribution in [2.24, 2.45) is 5.73 Å². The van der Waals surface area contributed by atoms with Gasteiger partial charge in [0.15, 0.2) is 11.5 Å². The number of methoxy groups -OCH3 is 1. The average molecular weight is 297 g/mol. The molecular weight excluding hydrogens is 276 g/mol. The number of rotatable bonds is 3. The summed E-state index contributed by atoms with van der Waals surface area (Å²) < 4.78 is 5.17. The van der Waals surface area contributed by atoms with Crippen LogP contribution in [0.5, 0.6) is 11.5 Å². The van der Waals surface area contributed by atoms with Crippen LogP contribution in [0.25, 0.3) is 0 Å². The monoisotopic (exact) mass is 296 g/mol. The Morgan fingerprint density at radius 2 is 2.00 bits per heavy atom. The minimum atomic E-state index is 0.200. The Balaban J connectivity index is 1.83. The van der Waals surface area contributed by atoms with E-state index in [2.05, 4.69) is 4.90 Å². The number of aromatic hydroxyl groups is 1. The van der Waals surface area contributed by atoms with Crippen LogP contribution in [0.4, 0.5) is 0 Å². The van der Waals surface area contributed by atoms with E-state index in [0.29, 0.717) is 35.4 Å². The van der Waals surface area contributed by atoms with E-state index in [4.69, 9.17) is 22.1 Å². The lowest BCUT2D eigenvalue weighted by molar-refractivity contribution is 0.118. The zero-order valence-corrected chi connectivity index (χ0v) is 12.4. The number of fused-ring (bicyclic) bond motifs is 2. The molecule has 2 fully saturated rings. The van der Waals surface area contributed by atoms with Crippen molar-refractivity contribution in [3.05, 3.63) is 22.7 Å². The van der Waals surface area contributed by atoms with Gasteiger partial charge in [-0.15, -0.1) is 0 Å². The minimum Gasteiger partial charge on any atom is -0.504 e. The normalized spacial score (nSPS) is 29.6. The minimum absolute atomic E-state index is 0.200. The van der Waals surface area contributed by atoms with Crippen LogP contribution in [0, 0.1) is 0 Å². The molecule has 0 amide bonds. The van der Waals surface area contributed by atoms with Crippen molar-refractivity contribution in [2.45, 2.75) is 50.4 Å². The van der Waals surface area contributed by atoms with E-state index in [9.17, 15) is 5.11 Å². The summed E-state index contributed by atoms with van der Waals surface area (Å²) in [7, 11) is 1.54. The number of piperidine rings is 1. The van der Waals surface area contributed by atoms with Crippen molar-refractivity contribution in [3.63, 3.8) is 0 Å². The van der Waals surface area contributed by atoms with Gasteiger partial charge in [-0.2, -0.15) is 0 Å². The van der Waals surface area contributed by atoms with Gasteiger partial charge in [-0.05, 0) is 31.7 Å². The number of phenols is 1. The molecule has 0 spiro atoms. The Bertz CT molecular complexity index is 495. The molecule has 0 saturated carbocycles. The van der Waals surface area contributed by atoms with Crippen LogP contribution < -0.4 is 10.5 Å². The Morgan fingerprint density at radius 1 is 1.35 bits per heavy atom. The maximum Gasteiger partial charge on any atom is 0.162 e. The first kappa shape index (κ1) is 14.0. The van der Waals surface area contributed by atoms with Gasteiger partial charge >= 0.3 is 0 Å². The summed E-state index contributed by atoms with van der Waals surface area (Å²) in [5.41, 5.74) is 6.93. The number of phenolic OH excluding ortho intramolecular Hbond substituents is 1. The molecular formula is C15H21ClN2O2. The summed E-state index contributed by atoms with van der Waals surface area (Å²) in [6.07, 6.45) is 4.51. The van der Waals surface area contributed by atoms with E-state index in [0.717, 1.165) is 18.4 Å². The second-order valence-corrected chi connectivity index (χ2v) is 6.34. The summed E-state index contributed by atoms with van der Waals surface area (Å²) in [6, 6.07) is 4.86. The van der Waals surface area contributed by atoms with Crippen molar-refractivity contribution in [3.8, 4) is 11.5 Å². The number of benzene rings is 1. The Kier molecular flexibility index (Phi) is 3.80. The first-order valence-electron chi connectivity index (χ1n) is 7.15. The van der Waals surface area contributed by atoms with Gasteiger partial charge in [0.25, 0.3) is 0 Å². The molecule has 110 valence electrons. The molecule has 3 N–H and O–H groups in total. The largest absolute Gasteiger partial charge is 0.504 e. The molecule has 1 aromatic rings. The summed E-state index contributed by atoms with van der Waals surface area (Å²) in [5.74, 6) is 0.639. The van der Waals surface area contributed by atoms with E-state index >= 15 is 0 Å². The van der Waals surface area contributed by atoms with Crippen LogP contribution >= 0.6 is 11.6 Å². The third-order valence-electron chi connectivity index (χ3n) is 4.61. The van der Waals surface area contributed by atoms with E-state index in [1.807, 2.05) is 6.07 Å². The van der Waals surface area contributed by atoms with Crippen LogP contribution in [0.1, 0.15) is 31.2 Å². The van der Waals surface area contributed by atoms with E-state index in [1.54, 1.807) is 13.2 Å². The summed E-state index contributed by atoms with van der Waals surface area (Å²) in [5, 5.41) is 10.8. The van der Waals surface area contributed by atoms with Gasteiger partial charge in [-0.3, -0.25) is 4.90 Å². The van der Waals surface area contributed by atoms with Crippen LogP contribution in [0.15, 0.2) is 12.1 Å². The average Bonchev–Trinajstić information content (AvgIpc) is 2.65. The van der Waals surface area contributed by atoms with Gasteiger partial charge in [0, 0.05) is 41.3 Å². The standard InChI is InChI=1S/C15H21ClN2O2/c1-20-14-5-10(16)4-9(15(14)19)8-18-12-2-3-13(18)7-11(17)6-12/h4-5,11-13,19H,2-3,6-8,17H2,1H3. The van der Waals surface area contributed by atoms with E-state index < -0.39 is 0 Å². The van der Waals surface area contributed by atoms with Gasteiger partial charge in [-0.25, -0.2) is 0 Å². The highest BCUT2D eigenvalue weighted by Gasteiger charge is 2.39. The predicted octanol–water partition coefficient (Wildman–Crippen LogP) is 2.51. The third-order valence-corrected chi connectivity index (χ3v) is 4.83. The van der Waals surface area contributed by atoms with Crippen molar-refractivity contribution in [1.29, 1.82) is 0 Å². The number of hydrogen-bond donors (Lipinski definition) is 2. The lowest BCUT2D eigenvalue weighted by Crippen LogP contribution is -2.46. The van der Waals surface area contributed by atoms with Crippen molar-refractivity contribution >= 4 is 11.6 Å². The molecule has 20 heavy (non-hydrogen) atoms. The molecule has 2 unspecified atom stereocenters. The predicted molar refractivity (Wildman–Crippen MR) is 79.2 cm³/mol. The number of hydrogen-bond acceptors (Lipinski definition) is 4. The Morgan fingerprint density at radius 3 is 2.60 bits per heavy atom. The Labute approximate surface area is 124 Å². The molecule has 2 bridgehead atoms. The van der Waals surface area contributed by atoms with Gasteiger partial charge in [0.05, 0.1) is 7.11 Å². The highest BCUT2D eigenvalue weighted by atomic mass is 35.5. The second kappa shape index (κ2) is 5.43. The molecule has 4 nitrogen and oxygen atoms in total. The zero-order valence-electron chi connectivity index (χ0n) is 11.7. The lowest BCUT2D eigenvalue weighted by atomic mass is 9.97. The van der Waals surface area contributed by atoms with E-state index in [1.165, 1.54) is 12.8 Å². The molecule has 3 rings (SSSR count). The molecule has 5 heteroatoms. The molecule has 0 aliphatic carbocycles. The smallest absolute Gasteiger partial charge is 0.162 e. The quantitative estimate of drug-likeness (QED) is 0.900. The molecule has 2 aliphatic heterocycles. The number of ether oxygens (including phenoxy) is 1. The molecule has 2 atom stereocenters. The number of nitrogens with zero attached hydrogens (tertiary/aromatic N) is 1. The SMILES string of the molecule is COc1cc(Cl)cc(CN2C3CCC2CC(N)C3)c1O. The van der Waals surface area contributed by atoms with Crippen LogP contribution in [0.2, 0.25) is 5.02 Å². The van der Waals surface area contributed by atoms with Gasteiger partial charge < -0.3 is 15.6 Å². The third kappa shape index (κ3) is 2.48. The fourth-order valence-corrected chi connectivity index (χ4v) is 3.91. The molecule has 0 aromatic heterocycles. The molecule has 2 saturated heterocycles. The van der Waals surface area contributed by atoms with Crippen molar-refractivity contribution in [2.75, 3.05) is 7.11 Å². The molecule has 2 heterocycles. The summed E-state index contributed by atoms with van der Waals surface area (Å²) in [6.45, 7) is 0.713. The first-order chi connectivity index (χ1) is 9.58. The van der Waals surface area contributed by atoms with Crippen molar-refractivity contribution in [1.82, 2.24) is 4.90 Å². The summed E-state index contributed by atoms with van der Waals surface area (Å²) in [4.78, 5) is 2.47. The number of halogens is 1. The highest BCUT2D eigenvalue weighted by molar-refractivity contribution is 6.30. The molecule has 1 aromatic carbocycles. The fraction of sp³-hybridized carbons (Fsp3) is 0.600. The molecule has 2 aliphatic rings. The highest BCUT2D eigenvalue weighted by Crippen LogP contribution is 2.39. The Hall–Kier alpha value is -0.970. The van der Waals surface area contributed by atoms with Crippen LogP contribution in [-0.2, 0) is 6.54 Å². The molecule has 0 radical (unpaired) electrons. The lowest BCUT2D eigenvalue weighted by Gasteiger charge is -2.37. The van der Waals surface area contributed by atoms with Gasteiger partial charge in [0.1, 0.15) is 0 Å². The first-order valence-corrected chi connectivity index (χ1v) is 7.53. The van der Waals surface area contributed by atoms with E-state index in [-0.39, 0.29) is 5.75 Å². The fourth-order valence-electron chi connectivity index (χ4n) is 3.68. The van der Waals surface area contributed by atoms with Crippen molar-refractivity contribution < 1.29 is 9.84 Å². The summed E-state index contributed by atoms with van der Waals surface area (Å²) >= 11 is 6.10.